The molecule has 25 heavy (non-hydrogen) atoms. The second-order valence-electron chi connectivity index (χ2n) is 5.48. The summed E-state index contributed by atoms with van der Waals surface area (Å²) >= 11 is 5.77. The van der Waals surface area contributed by atoms with Crippen molar-refractivity contribution < 1.29 is 23.0 Å². The second kappa shape index (κ2) is 8.57. The van der Waals surface area contributed by atoms with Crippen molar-refractivity contribution in [1.82, 2.24) is 15.2 Å². The Morgan fingerprint density at radius 3 is 2.88 bits per heavy atom. The Labute approximate surface area is 148 Å². The summed E-state index contributed by atoms with van der Waals surface area (Å²) in [6, 6.07) is 0.781. The molecule has 1 atom stereocenters. The molecule has 1 aliphatic heterocycles. The predicted molar refractivity (Wildman–Crippen MR) is 87.9 cm³/mol. The number of hydrogen-bond acceptors (Lipinski definition) is 4. The number of aliphatic imine (C=N–C) groups is 1. The summed E-state index contributed by atoms with van der Waals surface area (Å²) < 4.78 is 43.0. The van der Waals surface area contributed by atoms with E-state index in [1.54, 1.807) is 0 Å². The average molecular weight is 381 g/mol. The number of guanidine groups is 1. The molecule has 0 radical (unpaired) electrons. The van der Waals surface area contributed by atoms with Gasteiger partial charge in [-0.1, -0.05) is 11.6 Å². The minimum absolute atomic E-state index is 0.0635. The molecule has 0 bridgehead atoms. The fourth-order valence-electron chi connectivity index (χ4n) is 2.34. The van der Waals surface area contributed by atoms with E-state index in [2.05, 4.69) is 15.3 Å². The highest BCUT2D eigenvalue weighted by Gasteiger charge is 2.31. The highest BCUT2D eigenvalue weighted by atomic mass is 35.5. The van der Waals surface area contributed by atoms with Crippen LogP contribution in [0.3, 0.4) is 0 Å². The van der Waals surface area contributed by atoms with Crippen LogP contribution in [0.5, 0.6) is 5.88 Å². The monoisotopic (exact) mass is 380 g/mol. The van der Waals surface area contributed by atoms with Gasteiger partial charge in [0.05, 0.1) is 18.2 Å². The molecular weight excluding hydrogens is 361 g/mol. The number of nitrogens with zero attached hydrogens (tertiary/aromatic N) is 3. The summed E-state index contributed by atoms with van der Waals surface area (Å²) in [6.07, 6.45) is -3.50. The van der Waals surface area contributed by atoms with Crippen molar-refractivity contribution in [2.24, 2.45) is 4.99 Å². The van der Waals surface area contributed by atoms with Gasteiger partial charge in [-0.3, -0.25) is 0 Å². The van der Waals surface area contributed by atoms with Crippen LogP contribution in [0.2, 0.25) is 5.02 Å². The molecule has 0 aromatic carbocycles. The molecule has 6 nitrogen and oxygen atoms in total. The SMILES string of the molecule is CCNC(=NCCOc1ncc(C(F)(F)F)cc1Cl)N1CC[C@@H](O)C1. The third-order valence-electron chi connectivity index (χ3n) is 3.52. The number of aliphatic hydroxyl groups excluding tert-OH is 1. The van der Waals surface area contributed by atoms with Gasteiger partial charge in [-0.05, 0) is 19.4 Å². The maximum absolute atomic E-state index is 12.6. The first-order valence-electron chi connectivity index (χ1n) is 7.88. The number of aromatic nitrogens is 1. The number of rotatable bonds is 5. The Kier molecular flexibility index (Phi) is 6.71. The molecular formula is C15H20ClF3N4O2. The van der Waals surface area contributed by atoms with Gasteiger partial charge in [0, 0.05) is 25.8 Å². The molecule has 0 amide bonds. The molecule has 1 aliphatic rings. The van der Waals surface area contributed by atoms with Gasteiger partial charge < -0.3 is 20.1 Å². The molecule has 0 aliphatic carbocycles. The van der Waals surface area contributed by atoms with Crippen molar-refractivity contribution in [3.63, 3.8) is 0 Å². The van der Waals surface area contributed by atoms with E-state index >= 15 is 0 Å². The quantitative estimate of drug-likeness (QED) is 0.465. The van der Waals surface area contributed by atoms with Crippen LogP contribution >= 0.6 is 11.6 Å². The van der Waals surface area contributed by atoms with Crippen molar-refractivity contribution in [2.45, 2.75) is 25.6 Å². The number of β-amino-alcohol motifs (C(OH)–C–C–N with tert-alkyl or cyclic N) is 1. The van der Waals surface area contributed by atoms with Crippen LogP contribution in [0, 0.1) is 0 Å². The first-order valence-corrected chi connectivity index (χ1v) is 8.26. The molecule has 1 aromatic heterocycles. The van der Waals surface area contributed by atoms with Gasteiger partial charge in [-0.25, -0.2) is 9.98 Å². The first kappa shape index (κ1) is 19.6. The lowest BCUT2D eigenvalue weighted by molar-refractivity contribution is -0.137. The topological polar surface area (TPSA) is 70.0 Å². The summed E-state index contributed by atoms with van der Waals surface area (Å²) in [5.41, 5.74) is -0.926. The van der Waals surface area contributed by atoms with Crippen LogP contribution in [0.15, 0.2) is 17.3 Å². The number of halogens is 4. The largest absolute Gasteiger partial charge is 0.475 e. The first-order chi connectivity index (χ1) is 11.8. The van der Waals surface area contributed by atoms with Crippen molar-refractivity contribution >= 4 is 17.6 Å². The van der Waals surface area contributed by atoms with E-state index in [0.29, 0.717) is 38.2 Å². The summed E-state index contributed by atoms with van der Waals surface area (Å²) in [7, 11) is 0. The van der Waals surface area contributed by atoms with Gasteiger partial charge in [-0.2, -0.15) is 13.2 Å². The molecule has 1 saturated heterocycles. The summed E-state index contributed by atoms with van der Waals surface area (Å²) in [6.45, 7) is 4.22. The van der Waals surface area contributed by atoms with Crippen molar-refractivity contribution in [3.8, 4) is 5.88 Å². The van der Waals surface area contributed by atoms with E-state index in [4.69, 9.17) is 16.3 Å². The zero-order valence-electron chi connectivity index (χ0n) is 13.7. The standard InChI is InChI=1S/C15H20ClF3N4O2/c1-2-20-14(23-5-3-11(24)9-23)21-4-6-25-13-12(16)7-10(8-22-13)15(17,18)19/h7-8,11,24H,2-6,9H2,1H3,(H,20,21)/t11-/m1/s1. The minimum Gasteiger partial charge on any atom is -0.475 e. The molecule has 2 rings (SSSR count). The van der Waals surface area contributed by atoms with Gasteiger partial charge in [0.2, 0.25) is 5.88 Å². The molecule has 140 valence electrons. The fourth-order valence-corrected chi connectivity index (χ4v) is 2.56. The van der Waals surface area contributed by atoms with Gasteiger partial charge in [-0.15, -0.1) is 0 Å². The van der Waals surface area contributed by atoms with Crippen molar-refractivity contribution in [1.29, 1.82) is 0 Å². The van der Waals surface area contributed by atoms with E-state index in [1.807, 2.05) is 11.8 Å². The lowest BCUT2D eigenvalue weighted by Gasteiger charge is -2.20. The van der Waals surface area contributed by atoms with Crippen LogP contribution in [0.25, 0.3) is 0 Å². The van der Waals surface area contributed by atoms with Crippen LogP contribution in [0.4, 0.5) is 13.2 Å². The highest BCUT2D eigenvalue weighted by Crippen LogP contribution is 2.33. The third kappa shape index (κ3) is 5.64. The molecule has 1 fully saturated rings. The van der Waals surface area contributed by atoms with Crippen LogP contribution in [-0.4, -0.2) is 59.8 Å². The Hall–Kier alpha value is -1.74. The zero-order chi connectivity index (χ0) is 18.4. The van der Waals surface area contributed by atoms with Crippen molar-refractivity contribution in [2.75, 3.05) is 32.8 Å². The Balaban J connectivity index is 1.90. The Morgan fingerprint density at radius 2 is 2.32 bits per heavy atom. The molecule has 1 aromatic rings. The van der Waals surface area contributed by atoms with Gasteiger partial charge in [0.25, 0.3) is 0 Å². The number of likely N-dealkylation sites (tertiary alicyclic amines) is 1. The molecule has 0 spiro atoms. The van der Waals surface area contributed by atoms with E-state index in [1.165, 1.54) is 0 Å². The van der Waals surface area contributed by atoms with Crippen LogP contribution < -0.4 is 10.1 Å². The number of nitrogens with one attached hydrogen (secondary N) is 1. The van der Waals surface area contributed by atoms with E-state index in [-0.39, 0.29) is 30.2 Å². The fraction of sp³-hybridized carbons (Fsp3) is 0.600. The number of pyridine rings is 1. The number of hydrogen-bond donors (Lipinski definition) is 2. The van der Waals surface area contributed by atoms with E-state index in [0.717, 1.165) is 6.07 Å². The highest BCUT2D eigenvalue weighted by molar-refractivity contribution is 6.31. The van der Waals surface area contributed by atoms with E-state index in [9.17, 15) is 18.3 Å². The number of aliphatic hydroxyl groups is 1. The molecule has 0 saturated carbocycles. The molecule has 2 heterocycles. The number of alkyl halides is 3. The predicted octanol–water partition coefficient (Wildman–Crippen LogP) is 2.16. The second-order valence-corrected chi connectivity index (χ2v) is 5.89. The Morgan fingerprint density at radius 1 is 1.56 bits per heavy atom. The van der Waals surface area contributed by atoms with Gasteiger partial charge in [0.15, 0.2) is 5.96 Å². The Bertz CT molecular complexity index is 613. The van der Waals surface area contributed by atoms with Crippen LogP contribution in [-0.2, 0) is 6.18 Å². The molecule has 0 unspecified atom stereocenters. The summed E-state index contributed by atoms with van der Waals surface area (Å²) in [4.78, 5) is 9.92. The lowest BCUT2D eigenvalue weighted by Crippen LogP contribution is -2.40. The van der Waals surface area contributed by atoms with Gasteiger partial charge >= 0.3 is 6.18 Å². The normalized spacial score (nSPS) is 18.6. The summed E-state index contributed by atoms with van der Waals surface area (Å²) in [5.74, 6) is 0.598. The zero-order valence-corrected chi connectivity index (χ0v) is 14.4. The van der Waals surface area contributed by atoms with Gasteiger partial charge in [0.1, 0.15) is 11.6 Å². The lowest BCUT2D eigenvalue weighted by atomic mass is 10.3. The maximum atomic E-state index is 12.6. The smallest absolute Gasteiger partial charge is 0.417 e. The van der Waals surface area contributed by atoms with Crippen molar-refractivity contribution in [3.05, 3.63) is 22.8 Å². The maximum Gasteiger partial charge on any atom is 0.417 e. The van der Waals surface area contributed by atoms with Crippen LogP contribution in [0.1, 0.15) is 18.9 Å². The molecule has 10 heteroatoms. The average Bonchev–Trinajstić information content (AvgIpc) is 2.97. The minimum atomic E-state index is -4.50. The third-order valence-corrected chi connectivity index (χ3v) is 3.79. The summed E-state index contributed by atoms with van der Waals surface area (Å²) in [5, 5.41) is 12.5. The molecule has 2 N–H and O–H groups in total. The number of ether oxygens (including phenoxy) is 1. The van der Waals surface area contributed by atoms with E-state index < -0.39 is 11.7 Å².